The molecule has 2 N–H and O–H groups in total. The summed E-state index contributed by atoms with van der Waals surface area (Å²) in [5.74, 6) is -1.07. The maximum atomic E-state index is 12.4. The van der Waals surface area contributed by atoms with Gasteiger partial charge in [-0.05, 0) is 18.9 Å². The quantitative estimate of drug-likeness (QED) is 0.873. The zero-order chi connectivity index (χ0) is 14.9. The lowest BCUT2D eigenvalue weighted by atomic mass is 10.2. The summed E-state index contributed by atoms with van der Waals surface area (Å²) < 4.78 is 38.0. The van der Waals surface area contributed by atoms with Crippen LogP contribution in [0.4, 0.5) is 13.2 Å². The van der Waals surface area contributed by atoms with Gasteiger partial charge in [-0.3, -0.25) is 14.3 Å². The summed E-state index contributed by atoms with van der Waals surface area (Å²) in [6.45, 7) is 0.0275. The molecule has 0 aliphatic carbocycles. The zero-order valence-electron chi connectivity index (χ0n) is 10.4. The minimum absolute atomic E-state index is 0.347. The minimum atomic E-state index is -4.54. The highest BCUT2D eigenvalue weighted by molar-refractivity contribution is 5.87. The van der Waals surface area contributed by atoms with E-state index in [0.717, 1.165) is 16.9 Å². The number of nitrogens with zero attached hydrogens (tertiary/aromatic N) is 3. The van der Waals surface area contributed by atoms with Gasteiger partial charge in [0.2, 0.25) is 11.8 Å². The zero-order valence-corrected chi connectivity index (χ0v) is 10.4. The van der Waals surface area contributed by atoms with Crippen molar-refractivity contribution in [3.8, 4) is 0 Å². The first-order valence-corrected chi connectivity index (χ1v) is 5.98. The number of likely N-dealkylation sites (tertiary alicyclic amines) is 1. The number of halogens is 3. The number of carbonyl (C=O) groups excluding carboxylic acids is 2. The number of nitrogens with two attached hydrogens (primary N) is 1. The van der Waals surface area contributed by atoms with E-state index in [1.54, 1.807) is 0 Å². The molecule has 2 heterocycles. The van der Waals surface area contributed by atoms with Crippen molar-refractivity contribution >= 4 is 11.8 Å². The fourth-order valence-corrected chi connectivity index (χ4v) is 2.19. The Hall–Kier alpha value is -2.06. The predicted octanol–water partition coefficient (Wildman–Crippen LogP) is 0.378. The van der Waals surface area contributed by atoms with Crippen LogP contribution in [0.15, 0.2) is 12.3 Å². The Morgan fingerprint density at radius 1 is 1.45 bits per heavy atom. The first-order valence-electron chi connectivity index (χ1n) is 5.98. The fourth-order valence-electron chi connectivity index (χ4n) is 2.19. The molecule has 0 aromatic carbocycles. The van der Waals surface area contributed by atoms with Crippen LogP contribution in [0.1, 0.15) is 18.5 Å². The molecular formula is C11H13F3N4O2. The average molecular weight is 290 g/mol. The van der Waals surface area contributed by atoms with Gasteiger partial charge in [-0.1, -0.05) is 0 Å². The smallest absolute Gasteiger partial charge is 0.368 e. The van der Waals surface area contributed by atoms with E-state index in [4.69, 9.17) is 5.73 Å². The van der Waals surface area contributed by atoms with E-state index >= 15 is 0 Å². The van der Waals surface area contributed by atoms with E-state index < -0.39 is 29.7 Å². The molecule has 0 saturated carbocycles. The van der Waals surface area contributed by atoms with Crippen LogP contribution in [0.5, 0.6) is 0 Å². The summed E-state index contributed by atoms with van der Waals surface area (Å²) in [7, 11) is 0. The third kappa shape index (κ3) is 2.91. The molecule has 1 aromatic heterocycles. The summed E-state index contributed by atoms with van der Waals surface area (Å²) in [6, 6.07) is 0.114. The summed E-state index contributed by atoms with van der Waals surface area (Å²) in [4.78, 5) is 24.4. The first-order chi connectivity index (χ1) is 9.29. The SMILES string of the molecule is NC(=O)C1CCCN1C(=O)Cn1ccc(C(F)(F)F)n1. The molecule has 1 aromatic rings. The maximum absolute atomic E-state index is 12.4. The van der Waals surface area contributed by atoms with Gasteiger partial charge in [-0.2, -0.15) is 18.3 Å². The molecular weight excluding hydrogens is 277 g/mol. The van der Waals surface area contributed by atoms with E-state index in [1.807, 2.05) is 0 Å². The lowest BCUT2D eigenvalue weighted by molar-refractivity contribution is -0.142. The monoisotopic (exact) mass is 290 g/mol. The highest BCUT2D eigenvalue weighted by Gasteiger charge is 2.35. The average Bonchev–Trinajstić information content (AvgIpc) is 2.95. The second-order valence-corrected chi connectivity index (χ2v) is 4.54. The number of hydrogen-bond donors (Lipinski definition) is 1. The lowest BCUT2D eigenvalue weighted by Gasteiger charge is -2.22. The summed E-state index contributed by atoms with van der Waals surface area (Å²) in [6.07, 6.45) is -2.34. The number of hydrogen-bond acceptors (Lipinski definition) is 3. The molecule has 1 aliphatic rings. The van der Waals surface area contributed by atoms with Gasteiger partial charge in [0.1, 0.15) is 12.6 Å². The Labute approximate surface area is 112 Å². The number of amides is 2. The Balaban J connectivity index is 2.05. The predicted molar refractivity (Wildman–Crippen MR) is 61.2 cm³/mol. The molecule has 1 saturated heterocycles. The number of carbonyl (C=O) groups is 2. The molecule has 2 amide bonds. The summed E-state index contributed by atoms with van der Waals surface area (Å²) in [5.41, 5.74) is 4.12. The molecule has 9 heteroatoms. The molecule has 0 radical (unpaired) electrons. The van der Waals surface area contributed by atoms with Crippen molar-refractivity contribution in [2.75, 3.05) is 6.54 Å². The molecule has 6 nitrogen and oxygen atoms in total. The van der Waals surface area contributed by atoms with Crippen LogP contribution >= 0.6 is 0 Å². The van der Waals surface area contributed by atoms with E-state index in [9.17, 15) is 22.8 Å². The van der Waals surface area contributed by atoms with Crippen LogP contribution in [-0.2, 0) is 22.3 Å². The van der Waals surface area contributed by atoms with E-state index in [-0.39, 0.29) is 6.54 Å². The molecule has 0 bridgehead atoms. The highest BCUT2D eigenvalue weighted by Crippen LogP contribution is 2.27. The van der Waals surface area contributed by atoms with Crippen molar-refractivity contribution in [1.29, 1.82) is 0 Å². The van der Waals surface area contributed by atoms with Gasteiger partial charge in [0.25, 0.3) is 0 Å². The van der Waals surface area contributed by atoms with Crippen LogP contribution in [0.2, 0.25) is 0 Å². The Bertz CT molecular complexity index is 526. The molecule has 1 unspecified atom stereocenters. The van der Waals surface area contributed by atoms with Crippen molar-refractivity contribution < 1.29 is 22.8 Å². The van der Waals surface area contributed by atoms with Gasteiger partial charge in [0.15, 0.2) is 5.69 Å². The van der Waals surface area contributed by atoms with Gasteiger partial charge in [-0.15, -0.1) is 0 Å². The molecule has 1 aliphatic heterocycles. The lowest BCUT2D eigenvalue weighted by Crippen LogP contribution is -2.45. The van der Waals surface area contributed by atoms with Crippen LogP contribution in [0.3, 0.4) is 0 Å². The van der Waals surface area contributed by atoms with E-state index in [0.29, 0.717) is 19.4 Å². The van der Waals surface area contributed by atoms with Crippen molar-refractivity contribution in [2.24, 2.45) is 5.73 Å². The van der Waals surface area contributed by atoms with Crippen LogP contribution in [0.25, 0.3) is 0 Å². The van der Waals surface area contributed by atoms with E-state index in [2.05, 4.69) is 5.10 Å². The normalized spacial score (nSPS) is 19.4. The van der Waals surface area contributed by atoms with Crippen LogP contribution in [0, 0.1) is 0 Å². The van der Waals surface area contributed by atoms with Crippen molar-refractivity contribution in [1.82, 2.24) is 14.7 Å². The number of alkyl halides is 3. The second kappa shape index (κ2) is 5.14. The van der Waals surface area contributed by atoms with Gasteiger partial charge in [0, 0.05) is 12.7 Å². The van der Waals surface area contributed by atoms with Crippen LogP contribution in [-0.4, -0.2) is 39.1 Å². The van der Waals surface area contributed by atoms with Gasteiger partial charge < -0.3 is 10.6 Å². The fraction of sp³-hybridized carbons (Fsp3) is 0.545. The van der Waals surface area contributed by atoms with Gasteiger partial charge >= 0.3 is 6.18 Å². The number of aromatic nitrogens is 2. The Morgan fingerprint density at radius 3 is 2.70 bits per heavy atom. The van der Waals surface area contributed by atoms with Crippen molar-refractivity contribution in [3.05, 3.63) is 18.0 Å². The molecule has 2 rings (SSSR count). The summed E-state index contributed by atoms with van der Waals surface area (Å²) in [5, 5.41) is 3.29. The third-order valence-electron chi connectivity index (χ3n) is 3.13. The third-order valence-corrected chi connectivity index (χ3v) is 3.13. The molecule has 0 spiro atoms. The maximum Gasteiger partial charge on any atom is 0.435 e. The second-order valence-electron chi connectivity index (χ2n) is 4.54. The Kier molecular flexibility index (Phi) is 3.69. The molecule has 110 valence electrons. The van der Waals surface area contributed by atoms with Crippen LogP contribution < -0.4 is 5.73 Å². The van der Waals surface area contributed by atoms with Gasteiger partial charge in [0.05, 0.1) is 0 Å². The van der Waals surface area contributed by atoms with Crippen molar-refractivity contribution in [2.45, 2.75) is 31.6 Å². The minimum Gasteiger partial charge on any atom is -0.368 e. The molecule has 20 heavy (non-hydrogen) atoms. The van der Waals surface area contributed by atoms with E-state index in [1.165, 1.54) is 4.90 Å². The highest BCUT2D eigenvalue weighted by atomic mass is 19.4. The summed E-state index contributed by atoms with van der Waals surface area (Å²) >= 11 is 0. The number of rotatable bonds is 3. The molecule has 1 fully saturated rings. The number of primary amides is 1. The topological polar surface area (TPSA) is 81.2 Å². The first kappa shape index (κ1) is 14.4. The Morgan fingerprint density at radius 2 is 2.15 bits per heavy atom. The largest absolute Gasteiger partial charge is 0.435 e. The standard InChI is InChI=1S/C11H13F3N4O2/c12-11(13,14)8-3-5-17(16-8)6-9(19)18-4-1-2-7(18)10(15)20/h3,5,7H,1-2,4,6H2,(H2,15,20). The molecule has 1 atom stereocenters. The van der Waals surface area contributed by atoms with Gasteiger partial charge in [-0.25, -0.2) is 0 Å². The van der Waals surface area contributed by atoms with Crippen molar-refractivity contribution in [3.63, 3.8) is 0 Å².